The maximum atomic E-state index is 9.45. The maximum Gasteiger partial charge on any atom is 0.147 e. The molecule has 118 valence electrons. The number of nitrogens with zero attached hydrogens (tertiary/aromatic N) is 4. The van der Waals surface area contributed by atoms with Crippen molar-refractivity contribution in [1.29, 1.82) is 5.26 Å². The molecule has 0 radical (unpaired) electrons. The van der Waals surface area contributed by atoms with Crippen LogP contribution in [-0.4, -0.2) is 53.6 Å². The van der Waals surface area contributed by atoms with E-state index >= 15 is 0 Å². The molecule has 4 nitrogen and oxygen atoms in total. The Kier molecular flexibility index (Phi) is 4.90. The summed E-state index contributed by atoms with van der Waals surface area (Å²) < 4.78 is 0. The van der Waals surface area contributed by atoms with Crippen LogP contribution in [0.5, 0.6) is 0 Å². The molecule has 0 N–H and O–H groups in total. The predicted octanol–water partition coefficient (Wildman–Crippen LogP) is 2.59. The van der Waals surface area contributed by atoms with E-state index in [0.29, 0.717) is 6.04 Å². The molecular formula is C17H24N4S. The van der Waals surface area contributed by atoms with Crippen molar-refractivity contribution in [2.45, 2.75) is 32.7 Å². The summed E-state index contributed by atoms with van der Waals surface area (Å²) in [5.74, 6) is 3.45. The first-order valence-electron chi connectivity index (χ1n) is 8.14. The molecule has 0 aliphatic carbocycles. The van der Waals surface area contributed by atoms with Crippen LogP contribution in [0, 0.1) is 25.2 Å². The van der Waals surface area contributed by atoms with E-state index in [0.717, 1.165) is 35.7 Å². The summed E-state index contributed by atoms with van der Waals surface area (Å²) in [6.45, 7) is 8.52. The van der Waals surface area contributed by atoms with Crippen LogP contribution in [0.4, 0.5) is 5.82 Å². The molecule has 2 fully saturated rings. The minimum atomic E-state index is 0.716. The first-order valence-corrected chi connectivity index (χ1v) is 9.29. The zero-order chi connectivity index (χ0) is 15.5. The van der Waals surface area contributed by atoms with Crippen LogP contribution in [0.3, 0.4) is 0 Å². The molecule has 0 spiro atoms. The SMILES string of the molecule is Cc1cc(C)c(C#N)c(N2CCC(N3CCSCC3)CC2)n1. The van der Waals surface area contributed by atoms with Crippen molar-refractivity contribution in [1.82, 2.24) is 9.88 Å². The van der Waals surface area contributed by atoms with Crippen LogP contribution in [0.2, 0.25) is 0 Å². The fraction of sp³-hybridized carbons (Fsp3) is 0.647. The van der Waals surface area contributed by atoms with Gasteiger partial charge in [-0.2, -0.15) is 17.0 Å². The Morgan fingerprint density at radius 3 is 2.50 bits per heavy atom. The molecule has 0 bridgehead atoms. The number of thioether (sulfide) groups is 1. The highest BCUT2D eigenvalue weighted by molar-refractivity contribution is 7.99. The molecule has 2 aliphatic rings. The Morgan fingerprint density at radius 1 is 1.18 bits per heavy atom. The molecule has 0 amide bonds. The van der Waals surface area contributed by atoms with E-state index < -0.39 is 0 Å². The zero-order valence-corrected chi connectivity index (χ0v) is 14.3. The van der Waals surface area contributed by atoms with Crippen molar-refractivity contribution >= 4 is 17.6 Å². The van der Waals surface area contributed by atoms with Gasteiger partial charge in [-0.25, -0.2) is 4.98 Å². The number of nitriles is 1. The molecule has 2 aliphatic heterocycles. The molecular weight excluding hydrogens is 292 g/mol. The molecule has 0 unspecified atom stereocenters. The Balaban J connectivity index is 1.70. The van der Waals surface area contributed by atoms with E-state index in [1.54, 1.807) is 0 Å². The van der Waals surface area contributed by atoms with Crippen molar-refractivity contribution in [2.75, 3.05) is 42.6 Å². The summed E-state index contributed by atoms with van der Waals surface area (Å²) >= 11 is 2.07. The number of hydrogen-bond donors (Lipinski definition) is 0. The minimum absolute atomic E-state index is 0.716. The number of rotatable bonds is 2. The Morgan fingerprint density at radius 2 is 1.86 bits per heavy atom. The molecule has 22 heavy (non-hydrogen) atoms. The Hall–Kier alpha value is -1.25. The van der Waals surface area contributed by atoms with Crippen LogP contribution in [-0.2, 0) is 0 Å². The van der Waals surface area contributed by atoms with Crippen molar-refractivity contribution in [3.63, 3.8) is 0 Å². The summed E-state index contributed by atoms with van der Waals surface area (Å²) in [7, 11) is 0. The highest BCUT2D eigenvalue weighted by Gasteiger charge is 2.27. The van der Waals surface area contributed by atoms with Gasteiger partial charge in [-0.15, -0.1) is 0 Å². The van der Waals surface area contributed by atoms with Gasteiger partial charge < -0.3 is 4.90 Å². The average Bonchev–Trinajstić information content (AvgIpc) is 2.55. The van der Waals surface area contributed by atoms with E-state index in [9.17, 15) is 5.26 Å². The van der Waals surface area contributed by atoms with Crippen LogP contribution < -0.4 is 4.90 Å². The minimum Gasteiger partial charge on any atom is -0.355 e. The largest absolute Gasteiger partial charge is 0.355 e. The number of anilines is 1. The van der Waals surface area contributed by atoms with Gasteiger partial charge in [0.05, 0.1) is 5.56 Å². The van der Waals surface area contributed by atoms with E-state index in [1.807, 2.05) is 19.9 Å². The second-order valence-corrected chi connectivity index (χ2v) is 7.48. The average molecular weight is 316 g/mol. The summed E-state index contributed by atoms with van der Waals surface area (Å²) in [6.07, 6.45) is 2.37. The smallest absolute Gasteiger partial charge is 0.147 e. The van der Waals surface area contributed by atoms with Crippen molar-refractivity contribution in [3.05, 3.63) is 22.9 Å². The fourth-order valence-corrected chi connectivity index (χ4v) is 4.50. The van der Waals surface area contributed by atoms with Crippen molar-refractivity contribution < 1.29 is 0 Å². The number of piperidine rings is 1. The number of aromatic nitrogens is 1. The van der Waals surface area contributed by atoms with Gasteiger partial charge in [-0.05, 0) is 38.3 Å². The van der Waals surface area contributed by atoms with Crippen LogP contribution in [0.15, 0.2) is 6.07 Å². The van der Waals surface area contributed by atoms with Crippen LogP contribution in [0.25, 0.3) is 0 Å². The fourth-order valence-electron chi connectivity index (χ4n) is 3.57. The quantitative estimate of drug-likeness (QED) is 0.839. The molecule has 1 aromatic rings. The van der Waals surface area contributed by atoms with Crippen LogP contribution in [0.1, 0.15) is 29.7 Å². The summed E-state index contributed by atoms with van der Waals surface area (Å²) in [4.78, 5) is 9.63. The summed E-state index contributed by atoms with van der Waals surface area (Å²) in [5.41, 5.74) is 2.79. The van der Waals surface area contributed by atoms with Crippen molar-refractivity contribution in [3.8, 4) is 6.07 Å². The molecule has 2 saturated heterocycles. The van der Waals surface area contributed by atoms with E-state index in [1.165, 1.54) is 37.4 Å². The third kappa shape index (κ3) is 3.23. The van der Waals surface area contributed by atoms with Gasteiger partial charge in [-0.1, -0.05) is 0 Å². The third-order valence-electron chi connectivity index (χ3n) is 4.76. The number of aryl methyl sites for hydroxylation is 2. The molecule has 3 heterocycles. The molecule has 0 aromatic carbocycles. The van der Waals surface area contributed by atoms with Gasteiger partial charge in [0, 0.05) is 49.4 Å². The second kappa shape index (κ2) is 6.89. The monoisotopic (exact) mass is 316 g/mol. The van der Waals surface area contributed by atoms with Gasteiger partial charge in [-0.3, -0.25) is 4.90 Å². The first kappa shape index (κ1) is 15.6. The van der Waals surface area contributed by atoms with E-state index in [4.69, 9.17) is 0 Å². The highest BCUT2D eigenvalue weighted by atomic mass is 32.2. The third-order valence-corrected chi connectivity index (χ3v) is 5.71. The Labute approximate surface area is 137 Å². The van der Waals surface area contributed by atoms with Gasteiger partial charge in [0.15, 0.2) is 0 Å². The molecule has 5 heteroatoms. The maximum absolute atomic E-state index is 9.45. The topological polar surface area (TPSA) is 43.2 Å². The summed E-state index contributed by atoms with van der Waals surface area (Å²) in [6, 6.07) is 5.06. The summed E-state index contributed by atoms with van der Waals surface area (Å²) in [5, 5.41) is 9.45. The Bertz CT molecular complexity index is 567. The van der Waals surface area contributed by atoms with E-state index in [-0.39, 0.29) is 0 Å². The van der Waals surface area contributed by atoms with E-state index in [2.05, 4.69) is 32.6 Å². The molecule has 1 aromatic heterocycles. The predicted molar refractivity (Wildman–Crippen MR) is 92.6 cm³/mol. The zero-order valence-electron chi connectivity index (χ0n) is 13.5. The van der Waals surface area contributed by atoms with Crippen molar-refractivity contribution in [2.24, 2.45) is 0 Å². The molecule has 0 atom stereocenters. The van der Waals surface area contributed by atoms with Gasteiger partial charge >= 0.3 is 0 Å². The van der Waals surface area contributed by atoms with Gasteiger partial charge in [0.25, 0.3) is 0 Å². The lowest BCUT2D eigenvalue weighted by molar-refractivity contribution is 0.185. The molecule has 3 rings (SSSR count). The van der Waals surface area contributed by atoms with Gasteiger partial charge in [0.2, 0.25) is 0 Å². The normalized spacial score (nSPS) is 20.9. The van der Waals surface area contributed by atoms with Gasteiger partial charge in [0.1, 0.15) is 11.9 Å². The highest BCUT2D eigenvalue weighted by Crippen LogP contribution is 2.27. The lowest BCUT2D eigenvalue weighted by Crippen LogP contribution is -2.48. The first-order chi connectivity index (χ1) is 10.7. The second-order valence-electron chi connectivity index (χ2n) is 6.26. The lowest BCUT2D eigenvalue weighted by atomic mass is 10.0. The lowest BCUT2D eigenvalue weighted by Gasteiger charge is -2.40. The standard InChI is InChI=1S/C17H24N4S/c1-13-11-14(2)19-17(16(13)12-18)21-5-3-15(4-6-21)20-7-9-22-10-8-20/h11,15H,3-10H2,1-2H3. The number of pyridine rings is 1. The number of hydrogen-bond acceptors (Lipinski definition) is 5. The molecule has 0 saturated carbocycles. The van der Waals surface area contributed by atoms with Crippen LogP contribution >= 0.6 is 11.8 Å².